The van der Waals surface area contributed by atoms with Crippen molar-refractivity contribution >= 4 is 5.91 Å². The summed E-state index contributed by atoms with van der Waals surface area (Å²) in [7, 11) is 0. The van der Waals surface area contributed by atoms with Gasteiger partial charge in [0.15, 0.2) is 0 Å². The quantitative estimate of drug-likeness (QED) is 0.499. The molecule has 3 nitrogen and oxygen atoms in total. The average molecular weight is 426 g/mol. The number of carbonyl (C=O) groups excluding carboxylic acids is 1. The Hall–Kier alpha value is -2.91. The number of hydrogen-bond donors (Lipinski definition) is 1. The van der Waals surface area contributed by atoms with E-state index in [9.17, 15) is 4.79 Å². The van der Waals surface area contributed by atoms with E-state index in [-0.39, 0.29) is 23.3 Å². The van der Waals surface area contributed by atoms with Crippen LogP contribution in [0.2, 0.25) is 0 Å². The maximum atomic E-state index is 12.5. The fourth-order valence-electron chi connectivity index (χ4n) is 5.06. The minimum absolute atomic E-state index is 0.0782. The van der Waals surface area contributed by atoms with Crippen molar-refractivity contribution in [3.8, 4) is 0 Å². The minimum atomic E-state index is -0.116. The van der Waals surface area contributed by atoms with Crippen molar-refractivity contribution in [3.63, 3.8) is 0 Å². The molecule has 0 saturated heterocycles. The smallest absolute Gasteiger partial charge is 0.223 e. The van der Waals surface area contributed by atoms with Crippen LogP contribution in [-0.4, -0.2) is 12.5 Å². The SMILES string of the molecule is O=C(NCC1(Cc2ccccc2)CCC(OCc2ccccc2)c2ccccc21)C1CC1. The minimum Gasteiger partial charge on any atom is -0.369 e. The molecule has 2 aliphatic carbocycles. The molecule has 3 aromatic rings. The van der Waals surface area contributed by atoms with Gasteiger partial charge in [-0.3, -0.25) is 4.79 Å². The van der Waals surface area contributed by atoms with E-state index in [1.54, 1.807) is 0 Å². The molecule has 1 saturated carbocycles. The second kappa shape index (κ2) is 9.30. The van der Waals surface area contributed by atoms with Gasteiger partial charge in [0, 0.05) is 17.9 Å². The molecule has 1 N–H and O–H groups in total. The lowest BCUT2D eigenvalue weighted by atomic mass is 9.66. The summed E-state index contributed by atoms with van der Waals surface area (Å²) in [5.41, 5.74) is 4.99. The Kier molecular flexibility index (Phi) is 6.09. The molecular formula is C29H31NO2. The highest BCUT2D eigenvalue weighted by Gasteiger charge is 2.41. The topological polar surface area (TPSA) is 38.3 Å². The van der Waals surface area contributed by atoms with E-state index in [4.69, 9.17) is 4.74 Å². The van der Waals surface area contributed by atoms with Crippen LogP contribution in [0.15, 0.2) is 84.9 Å². The van der Waals surface area contributed by atoms with Crippen LogP contribution in [0.4, 0.5) is 0 Å². The summed E-state index contributed by atoms with van der Waals surface area (Å²) >= 11 is 0. The Labute approximate surface area is 190 Å². The molecule has 2 aliphatic rings. The number of fused-ring (bicyclic) bond motifs is 1. The summed E-state index contributed by atoms with van der Waals surface area (Å²) < 4.78 is 6.43. The lowest BCUT2D eigenvalue weighted by Crippen LogP contribution is -2.45. The van der Waals surface area contributed by atoms with Gasteiger partial charge in [0.1, 0.15) is 0 Å². The number of amides is 1. The van der Waals surface area contributed by atoms with E-state index in [0.717, 1.165) is 32.1 Å². The van der Waals surface area contributed by atoms with E-state index in [2.05, 4.69) is 84.2 Å². The van der Waals surface area contributed by atoms with Gasteiger partial charge in [-0.15, -0.1) is 0 Å². The van der Waals surface area contributed by atoms with Gasteiger partial charge >= 0.3 is 0 Å². The first-order valence-corrected chi connectivity index (χ1v) is 11.8. The van der Waals surface area contributed by atoms with Gasteiger partial charge in [0.2, 0.25) is 5.91 Å². The van der Waals surface area contributed by atoms with Crippen molar-refractivity contribution in [1.29, 1.82) is 0 Å². The number of nitrogens with one attached hydrogen (secondary N) is 1. The molecule has 164 valence electrons. The van der Waals surface area contributed by atoms with E-state index in [1.807, 2.05) is 6.07 Å². The fourth-order valence-corrected chi connectivity index (χ4v) is 5.06. The first kappa shape index (κ1) is 21.0. The maximum absolute atomic E-state index is 12.5. The predicted octanol–water partition coefficient (Wildman–Crippen LogP) is 5.75. The number of benzene rings is 3. The molecule has 3 heteroatoms. The van der Waals surface area contributed by atoms with Crippen molar-refractivity contribution in [1.82, 2.24) is 5.32 Å². The van der Waals surface area contributed by atoms with Gasteiger partial charge in [-0.25, -0.2) is 0 Å². The summed E-state index contributed by atoms with van der Waals surface area (Å²) in [5.74, 6) is 0.446. The normalized spacial score (nSPS) is 22.2. The molecule has 0 spiro atoms. The zero-order chi connectivity index (χ0) is 21.8. The van der Waals surface area contributed by atoms with Crippen LogP contribution >= 0.6 is 0 Å². The Morgan fingerprint density at radius 1 is 0.844 bits per heavy atom. The Morgan fingerprint density at radius 3 is 2.22 bits per heavy atom. The van der Waals surface area contributed by atoms with Gasteiger partial charge in [0.25, 0.3) is 0 Å². The lowest BCUT2D eigenvalue weighted by Gasteiger charge is -2.42. The highest BCUT2D eigenvalue weighted by atomic mass is 16.5. The van der Waals surface area contributed by atoms with Gasteiger partial charge < -0.3 is 10.1 Å². The molecule has 0 aliphatic heterocycles. The van der Waals surface area contributed by atoms with Crippen LogP contribution in [0.3, 0.4) is 0 Å². The first-order chi connectivity index (χ1) is 15.7. The molecule has 1 amide bonds. The summed E-state index contributed by atoms with van der Waals surface area (Å²) in [6.45, 7) is 1.30. The van der Waals surface area contributed by atoms with Gasteiger partial charge in [-0.2, -0.15) is 0 Å². The molecular weight excluding hydrogens is 394 g/mol. The largest absolute Gasteiger partial charge is 0.369 e. The molecule has 0 heterocycles. The summed E-state index contributed by atoms with van der Waals surface area (Å²) in [5, 5.41) is 3.31. The van der Waals surface area contributed by atoms with Crippen LogP contribution in [0.25, 0.3) is 0 Å². The number of hydrogen-bond acceptors (Lipinski definition) is 2. The Morgan fingerprint density at radius 2 is 1.50 bits per heavy atom. The van der Waals surface area contributed by atoms with Crippen molar-refractivity contribution in [2.75, 3.05) is 6.54 Å². The van der Waals surface area contributed by atoms with Crippen LogP contribution in [0, 0.1) is 5.92 Å². The van der Waals surface area contributed by atoms with E-state index >= 15 is 0 Å². The van der Waals surface area contributed by atoms with Gasteiger partial charge in [0.05, 0.1) is 12.7 Å². The van der Waals surface area contributed by atoms with Crippen LogP contribution in [0.1, 0.15) is 54.0 Å². The molecule has 1 fully saturated rings. The molecule has 5 rings (SSSR count). The van der Waals surface area contributed by atoms with Crippen molar-refractivity contribution in [2.24, 2.45) is 5.92 Å². The fraction of sp³-hybridized carbons (Fsp3) is 0.345. The average Bonchev–Trinajstić information content (AvgIpc) is 3.69. The molecule has 0 aromatic heterocycles. The Bertz CT molecular complexity index is 1050. The maximum Gasteiger partial charge on any atom is 0.223 e. The second-order valence-corrected chi connectivity index (χ2v) is 9.35. The van der Waals surface area contributed by atoms with Crippen LogP contribution < -0.4 is 5.32 Å². The zero-order valence-corrected chi connectivity index (χ0v) is 18.5. The molecule has 2 unspecified atom stereocenters. The number of rotatable bonds is 8. The van der Waals surface area contributed by atoms with Gasteiger partial charge in [-0.1, -0.05) is 84.9 Å². The summed E-state index contributed by atoms with van der Waals surface area (Å²) in [6, 6.07) is 29.7. The van der Waals surface area contributed by atoms with Crippen molar-refractivity contribution in [2.45, 2.75) is 50.2 Å². The van der Waals surface area contributed by atoms with E-state index in [1.165, 1.54) is 22.3 Å². The predicted molar refractivity (Wildman–Crippen MR) is 127 cm³/mol. The highest BCUT2D eigenvalue weighted by Crippen LogP contribution is 2.45. The number of carbonyl (C=O) groups is 1. The number of ether oxygens (including phenoxy) is 1. The van der Waals surface area contributed by atoms with Crippen molar-refractivity contribution in [3.05, 3.63) is 107 Å². The highest BCUT2D eigenvalue weighted by molar-refractivity contribution is 5.81. The zero-order valence-electron chi connectivity index (χ0n) is 18.5. The van der Waals surface area contributed by atoms with E-state index in [0.29, 0.717) is 13.2 Å². The molecule has 2 atom stereocenters. The first-order valence-electron chi connectivity index (χ1n) is 11.8. The van der Waals surface area contributed by atoms with Crippen LogP contribution in [-0.2, 0) is 28.0 Å². The third-order valence-corrected chi connectivity index (χ3v) is 6.99. The van der Waals surface area contributed by atoms with E-state index < -0.39 is 0 Å². The summed E-state index contributed by atoms with van der Waals surface area (Å²) in [6.07, 6.45) is 5.00. The molecule has 3 aromatic carbocycles. The standard InChI is InChI=1S/C29H31NO2/c31-28(24-15-16-24)30-21-29(19-22-9-3-1-4-10-22)18-17-27(25-13-7-8-14-26(25)29)32-20-23-11-5-2-6-12-23/h1-14,24,27H,15-21H2,(H,30,31). The monoisotopic (exact) mass is 425 g/mol. The molecule has 0 radical (unpaired) electrons. The summed E-state index contributed by atoms with van der Waals surface area (Å²) in [4.78, 5) is 12.5. The second-order valence-electron chi connectivity index (χ2n) is 9.35. The third kappa shape index (κ3) is 4.63. The Balaban J connectivity index is 1.42. The van der Waals surface area contributed by atoms with Crippen molar-refractivity contribution < 1.29 is 9.53 Å². The van der Waals surface area contributed by atoms with Crippen LogP contribution in [0.5, 0.6) is 0 Å². The molecule has 32 heavy (non-hydrogen) atoms. The third-order valence-electron chi connectivity index (χ3n) is 6.99. The molecule has 0 bridgehead atoms. The van der Waals surface area contributed by atoms with Gasteiger partial charge in [-0.05, 0) is 54.4 Å². The lowest BCUT2D eigenvalue weighted by molar-refractivity contribution is -0.122.